The smallest absolute Gasteiger partial charge is 0.153 e. The molecule has 1 heterocycles. The summed E-state index contributed by atoms with van der Waals surface area (Å²) in [6, 6.07) is 18.0. The van der Waals surface area contributed by atoms with E-state index in [-0.39, 0.29) is 22.8 Å². The SMILES string of the molecule is CC(C)S(=O)(=O)C[C@@H]1COCC[C@@H]1c1ccc(-c2ccc(C#N)cc2)cc1. The third kappa shape index (κ3) is 4.58. The van der Waals surface area contributed by atoms with Gasteiger partial charge in [-0.25, -0.2) is 8.42 Å². The minimum absolute atomic E-state index is 0.00749. The Labute approximate surface area is 161 Å². The second-order valence-electron chi connectivity index (χ2n) is 7.42. The van der Waals surface area contributed by atoms with Crippen LogP contribution >= 0.6 is 0 Å². The Balaban J connectivity index is 1.80. The fourth-order valence-electron chi connectivity index (χ4n) is 3.55. The number of rotatable bonds is 5. The Bertz CT molecular complexity index is 910. The molecule has 1 aliphatic heterocycles. The topological polar surface area (TPSA) is 67.2 Å². The van der Waals surface area contributed by atoms with Crippen molar-refractivity contribution in [3.8, 4) is 17.2 Å². The molecule has 1 aliphatic rings. The molecular formula is C22H25NO3S. The molecule has 0 saturated carbocycles. The van der Waals surface area contributed by atoms with Crippen molar-refractivity contribution in [2.45, 2.75) is 31.4 Å². The van der Waals surface area contributed by atoms with E-state index in [0.717, 1.165) is 17.5 Å². The lowest BCUT2D eigenvalue weighted by Crippen LogP contribution is -2.34. The highest BCUT2D eigenvalue weighted by Crippen LogP contribution is 2.34. The molecule has 0 unspecified atom stereocenters. The van der Waals surface area contributed by atoms with E-state index in [1.165, 1.54) is 5.56 Å². The predicted molar refractivity (Wildman–Crippen MR) is 107 cm³/mol. The number of nitriles is 1. The van der Waals surface area contributed by atoms with Crippen molar-refractivity contribution in [2.24, 2.45) is 5.92 Å². The second kappa shape index (κ2) is 8.24. The molecule has 0 aromatic heterocycles. The van der Waals surface area contributed by atoms with Crippen LogP contribution in [0.25, 0.3) is 11.1 Å². The molecule has 1 saturated heterocycles. The van der Waals surface area contributed by atoms with Crippen LogP contribution in [0, 0.1) is 17.2 Å². The lowest BCUT2D eigenvalue weighted by molar-refractivity contribution is 0.0483. The van der Waals surface area contributed by atoms with Crippen molar-refractivity contribution in [1.82, 2.24) is 0 Å². The van der Waals surface area contributed by atoms with Crippen LogP contribution in [0.5, 0.6) is 0 Å². The van der Waals surface area contributed by atoms with Crippen molar-refractivity contribution < 1.29 is 13.2 Å². The van der Waals surface area contributed by atoms with Gasteiger partial charge in [0.2, 0.25) is 0 Å². The van der Waals surface area contributed by atoms with Gasteiger partial charge >= 0.3 is 0 Å². The summed E-state index contributed by atoms with van der Waals surface area (Å²) >= 11 is 0. The standard InChI is InChI=1S/C22H25NO3S/c1-16(2)27(24,25)15-21-14-26-12-11-22(21)20-9-7-19(8-10-20)18-5-3-17(13-23)4-6-18/h3-10,16,21-22H,11-12,14-15H2,1-2H3/t21-,22+/m0/s1. The van der Waals surface area contributed by atoms with Crippen molar-refractivity contribution in [3.05, 3.63) is 59.7 Å². The molecular weight excluding hydrogens is 358 g/mol. The van der Waals surface area contributed by atoms with Crippen LogP contribution in [0.4, 0.5) is 0 Å². The van der Waals surface area contributed by atoms with Gasteiger partial charge in [0.1, 0.15) is 0 Å². The van der Waals surface area contributed by atoms with Gasteiger partial charge in [-0.15, -0.1) is 0 Å². The fourth-order valence-corrected chi connectivity index (χ4v) is 4.86. The van der Waals surface area contributed by atoms with Crippen LogP contribution in [0.15, 0.2) is 48.5 Å². The zero-order valence-corrected chi connectivity index (χ0v) is 16.6. The van der Waals surface area contributed by atoms with E-state index in [4.69, 9.17) is 10.00 Å². The maximum atomic E-state index is 12.4. The molecule has 0 aliphatic carbocycles. The van der Waals surface area contributed by atoms with Gasteiger partial charge in [-0.3, -0.25) is 0 Å². The third-order valence-electron chi connectivity index (χ3n) is 5.32. The molecule has 3 rings (SSSR count). The zero-order chi connectivity index (χ0) is 19.4. The molecule has 0 bridgehead atoms. The van der Waals surface area contributed by atoms with Gasteiger partial charge in [0.15, 0.2) is 9.84 Å². The van der Waals surface area contributed by atoms with E-state index in [1.54, 1.807) is 13.8 Å². The van der Waals surface area contributed by atoms with E-state index in [0.29, 0.717) is 18.8 Å². The molecule has 0 N–H and O–H groups in total. The van der Waals surface area contributed by atoms with E-state index < -0.39 is 9.84 Å². The first-order chi connectivity index (χ1) is 12.9. The number of ether oxygens (including phenoxy) is 1. The summed E-state index contributed by atoms with van der Waals surface area (Å²) < 4.78 is 30.4. The Kier molecular flexibility index (Phi) is 5.98. The van der Waals surface area contributed by atoms with E-state index in [1.807, 2.05) is 24.3 Å². The molecule has 0 radical (unpaired) electrons. The highest BCUT2D eigenvalue weighted by atomic mass is 32.2. The summed E-state index contributed by atoms with van der Waals surface area (Å²) in [7, 11) is -3.10. The molecule has 2 aromatic rings. The van der Waals surface area contributed by atoms with Crippen LogP contribution < -0.4 is 0 Å². The summed E-state index contributed by atoms with van der Waals surface area (Å²) in [6.45, 7) is 4.63. The fraction of sp³-hybridized carbons (Fsp3) is 0.409. The molecule has 1 fully saturated rings. The molecule has 27 heavy (non-hydrogen) atoms. The maximum Gasteiger partial charge on any atom is 0.153 e. The van der Waals surface area contributed by atoms with Gasteiger partial charge < -0.3 is 4.74 Å². The van der Waals surface area contributed by atoms with Crippen LogP contribution in [0.1, 0.15) is 37.3 Å². The quantitative estimate of drug-likeness (QED) is 0.777. The van der Waals surface area contributed by atoms with Crippen molar-refractivity contribution in [2.75, 3.05) is 19.0 Å². The number of hydrogen-bond donors (Lipinski definition) is 0. The average Bonchev–Trinajstić information content (AvgIpc) is 2.68. The Morgan fingerprint density at radius 3 is 2.22 bits per heavy atom. The lowest BCUT2D eigenvalue weighted by Gasteiger charge is -2.32. The maximum absolute atomic E-state index is 12.4. The third-order valence-corrected chi connectivity index (χ3v) is 7.65. The first kappa shape index (κ1) is 19.6. The Morgan fingerprint density at radius 2 is 1.67 bits per heavy atom. The number of sulfone groups is 1. The molecule has 0 amide bonds. The van der Waals surface area contributed by atoms with Gasteiger partial charge in [-0.2, -0.15) is 5.26 Å². The first-order valence-corrected chi connectivity index (χ1v) is 11.0. The van der Waals surface area contributed by atoms with Gasteiger partial charge in [0, 0.05) is 12.5 Å². The Hall–Kier alpha value is -2.16. The first-order valence-electron chi connectivity index (χ1n) is 9.30. The van der Waals surface area contributed by atoms with Crippen LogP contribution in [0.2, 0.25) is 0 Å². The van der Waals surface area contributed by atoms with Crippen LogP contribution in [-0.4, -0.2) is 32.6 Å². The van der Waals surface area contributed by atoms with E-state index in [9.17, 15) is 8.42 Å². The highest BCUT2D eigenvalue weighted by molar-refractivity contribution is 7.91. The normalized spacial score (nSPS) is 20.4. The van der Waals surface area contributed by atoms with E-state index >= 15 is 0 Å². The monoisotopic (exact) mass is 383 g/mol. The zero-order valence-electron chi connectivity index (χ0n) is 15.8. The van der Waals surface area contributed by atoms with Crippen molar-refractivity contribution in [1.29, 1.82) is 5.26 Å². The summed E-state index contributed by atoms with van der Waals surface area (Å²) in [5, 5.41) is 8.55. The van der Waals surface area contributed by atoms with Crippen LogP contribution in [0.3, 0.4) is 0 Å². The summed E-state index contributed by atoms with van der Waals surface area (Å²) in [6.07, 6.45) is 0.842. The predicted octanol–water partition coefficient (Wildman–Crippen LogP) is 4.17. The van der Waals surface area contributed by atoms with Crippen molar-refractivity contribution in [3.63, 3.8) is 0 Å². The van der Waals surface area contributed by atoms with E-state index in [2.05, 4.69) is 30.3 Å². The molecule has 142 valence electrons. The number of nitrogens with zero attached hydrogens (tertiary/aromatic N) is 1. The summed E-state index contributed by atoms with van der Waals surface area (Å²) in [4.78, 5) is 0. The van der Waals surface area contributed by atoms with Gasteiger partial charge in [-0.1, -0.05) is 36.4 Å². The second-order valence-corrected chi connectivity index (χ2v) is 10.0. The largest absolute Gasteiger partial charge is 0.381 e. The number of benzene rings is 2. The molecule has 5 heteroatoms. The Morgan fingerprint density at radius 1 is 1.07 bits per heavy atom. The minimum atomic E-state index is -3.10. The molecule has 2 atom stereocenters. The number of hydrogen-bond acceptors (Lipinski definition) is 4. The van der Waals surface area contributed by atoms with Gasteiger partial charge in [0.25, 0.3) is 0 Å². The highest BCUT2D eigenvalue weighted by Gasteiger charge is 2.32. The average molecular weight is 384 g/mol. The molecule has 2 aromatic carbocycles. The minimum Gasteiger partial charge on any atom is -0.381 e. The summed E-state index contributed by atoms with van der Waals surface area (Å²) in [5.41, 5.74) is 3.96. The lowest BCUT2D eigenvalue weighted by atomic mass is 9.83. The van der Waals surface area contributed by atoms with Crippen LogP contribution in [-0.2, 0) is 14.6 Å². The van der Waals surface area contributed by atoms with Crippen molar-refractivity contribution >= 4 is 9.84 Å². The molecule has 4 nitrogen and oxygen atoms in total. The molecule has 0 spiro atoms. The van der Waals surface area contributed by atoms with Gasteiger partial charge in [0.05, 0.1) is 29.2 Å². The van der Waals surface area contributed by atoms with Gasteiger partial charge in [-0.05, 0) is 55.0 Å². The summed E-state index contributed by atoms with van der Waals surface area (Å²) in [5.74, 6) is 0.362.